The van der Waals surface area contributed by atoms with Crippen molar-refractivity contribution < 1.29 is 44.2 Å². The van der Waals surface area contributed by atoms with E-state index >= 15 is 0 Å². The normalized spacial score (nSPS) is 20.0. The van der Waals surface area contributed by atoms with Crippen LogP contribution < -0.4 is 0 Å². The molecule has 0 aliphatic carbocycles. The molecule has 1 aliphatic heterocycles. The first-order chi connectivity index (χ1) is 34.4. The number of aliphatic hydroxyl groups is 4. The Kier molecular flexibility index (Phi) is 46.2. The van der Waals surface area contributed by atoms with E-state index in [2.05, 4.69) is 148 Å². The lowest BCUT2D eigenvalue weighted by atomic mass is 9.99. The highest BCUT2D eigenvalue weighted by Gasteiger charge is 2.44. The summed E-state index contributed by atoms with van der Waals surface area (Å²) in [5, 5.41) is 40.3. The van der Waals surface area contributed by atoms with Gasteiger partial charge >= 0.3 is 5.97 Å². The second kappa shape index (κ2) is 50.3. The molecular weight excluding hydrogens is 877 g/mol. The molecule has 0 bridgehead atoms. The average Bonchev–Trinajstić information content (AvgIpc) is 3.36. The zero-order chi connectivity index (χ0) is 50.6. The summed E-state index contributed by atoms with van der Waals surface area (Å²) in [6.45, 7) is 4.26. The summed E-state index contributed by atoms with van der Waals surface area (Å²) in [6.07, 6.45) is 67.7. The Morgan fingerprint density at radius 3 is 1.24 bits per heavy atom. The minimum atomic E-state index is -1.55. The van der Waals surface area contributed by atoms with Crippen LogP contribution in [0.25, 0.3) is 0 Å². The number of aliphatic hydroxyl groups excluding tert-OH is 4. The number of hydrogen-bond acceptors (Lipinski definition) is 9. The van der Waals surface area contributed by atoms with Crippen molar-refractivity contribution in [2.75, 3.05) is 26.4 Å². The van der Waals surface area contributed by atoms with E-state index in [0.717, 1.165) is 122 Å². The van der Waals surface area contributed by atoms with Crippen LogP contribution in [0.15, 0.2) is 134 Å². The van der Waals surface area contributed by atoms with Crippen molar-refractivity contribution in [3.8, 4) is 0 Å². The van der Waals surface area contributed by atoms with Crippen molar-refractivity contribution in [3.05, 3.63) is 134 Å². The van der Waals surface area contributed by atoms with E-state index < -0.39 is 43.4 Å². The maximum Gasteiger partial charge on any atom is 0.306 e. The maximum atomic E-state index is 12.9. The Hall–Kier alpha value is -3.67. The molecule has 6 unspecified atom stereocenters. The SMILES string of the molecule is CC/C=C\C/C=C\C/C=C\C/C=C\C/C=C\C/C=C\CCCCCCC(=O)OC(COCCCCCCCCCC/C=C\C/C=C\C/C=C\C/C=C\C/C=C\CC)COC1OC(CO)C(O)C(O)C1O. The summed E-state index contributed by atoms with van der Waals surface area (Å²) in [5.41, 5.74) is 0. The molecule has 0 amide bonds. The van der Waals surface area contributed by atoms with Gasteiger partial charge in [0.2, 0.25) is 0 Å². The Morgan fingerprint density at radius 1 is 0.457 bits per heavy atom. The van der Waals surface area contributed by atoms with Crippen LogP contribution in [0.4, 0.5) is 0 Å². The fourth-order valence-corrected chi connectivity index (χ4v) is 7.40. The van der Waals surface area contributed by atoms with E-state index in [4.69, 9.17) is 18.9 Å². The number of unbranched alkanes of at least 4 members (excludes halogenated alkanes) is 12. The minimum Gasteiger partial charge on any atom is -0.457 e. The van der Waals surface area contributed by atoms with Gasteiger partial charge < -0.3 is 39.4 Å². The lowest BCUT2D eigenvalue weighted by molar-refractivity contribution is -0.305. The van der Waals surface area contributed by atoms with Gasteiger partial charge in [-0.2, -0.15) is 0 Å². The summed E-state index contributed by atoms with van der Waals surface area (Å²) in [7, 11) is 0. The third-order valence-electron chi connectivity index (χ3n) is 11.6. The Balaban J connectivity index is 2.24. The highest BCUT2D eigenvalue weighted by molar-refractivity contribution is 5.69. The van der Waals surface area contributed by atoms with E-state index in [9.17, 15) is 25.2 Å². The van der Waals surface area contributed by atoms with Crippen molar-refractivity contribution in [1.29, 1.82) is 0 Å². The molecule has 0 aromatic carbocycles. The molecule has 0 aromatic heterocycles. The van der Waals surface area contributed by atoms with Crippen molar-refractivity contribution in [2.24, 2.45) is 0 Å². The Labute approximate surface area is 426 Å². The van der Waals surface area contributed by atoms with Gasteiger partial charge in [0.25, 0.3) is 0 Å². The summed E-state index contributed by atoms with van der Waals surface area (Å²) in [4.78, 5) is 12.9. The van der Waals surface area contributed by atoms with E-state index in [1.54, 1.807) is 0 Å². The predicted octanol–water partition coefficient (Wildman–Crippen LogP) is 14.0. The maximum absolute atomic E-state index is 12.9. The van der Waals surface area contributed by atoms with Crippen molar-refractivity contribution in [1.82, 2.24) is 0 Å². The van der Waals surface area contributed by atoms with E-state index in [-0.39, 0.29) is 25.6 Å². The topological polar surface area (TPSA) is 135 Å². The molecule has 4 N–H and O–H groups in total. The van der Waals surface area contributed by atoms with Crippen LogP contribution in [0.1, 0.15) is 181 Å². The van der Waals surface area contributed by atoms with Crippen LogP contribution in [-0.4, -0.2) is 89.6 Å². The van der Waals surface area contributed by atoms with Gasteiger partial charge in [0, 0.05) is 13.0 Å². The molecule has 0 radical (unpaired) electrons. The quantitative estimate of drug-likeness (QED) is 0.0267. The van der Waals surface area contributed by atoms with Crippen LogP contribution in [-0.2, 0) is 23.7 Å². The van der Waals surface area contributed by atoms with Gasteiger partial charge in [-0.15, -0.1) is 0 Å². The number of hydrogen-bond donors (Lipinski definition) is 4. The molecule has 0 saturated carbocycles. The summed E-state index contributed by atoms with van der Waals surface area (Å²) in [5.74, 6) is -0.346. The molecule has 1 aliphatic rings. The van der Waals surface area contributed by atoms with Crippen LogP contribution in [0.3, 0.4) is 0 Å². The summed E-state index contributed by atoms with van der Waals surface area (Å²) >= 11 is 0. The van der Waals surface area contributed by atoms with Gasteiger partial charge in [-0.1, -0.05) is 199 Å². The fraction of sp³-hybridized carbons (Fsp3) is 0.623. The summed E-state index contributed by atoms with van der Waals surface area (Å²) in [6, 6.07) is 0. The lowest BCUT2D eigenvalue weighted by Crippen LogP contribution is -2.59. The highest BCUT2D eigenvalue weighted by atomic mass is 16.7. The number of ether oxygens (including phenoxy) is 4. The van der Waals surface area contributed by atoms with Gasteiger partial charge in [-0.05, 0) is 109 Å². The largest absolute Gasteiger partial charge is 0.457 e. The molecule has 0 spiro atoms. The van der Waals surface area contributed by atoms with Gasteiger partial charge in [0.15, 0.2) is 6.29 Å². The Bertz CT molecular complexity index is 1530. The van der Waals surface area contributed by atoms with Crippen molar-refractivity contribution in [3.63, 3.8) is 0 Å². The molecule has 70 heavy (non-hydrogen) atoms. The van der Waals surface area contributed by atoms with E-state index in [0.29, 0.717) is 13.0 Å². The van der Waals surface area contributed by atoms with Gasteiger partial charge in [-0.3, -0.25) is 4.79 Å². The van der Waals surface area contributed by atoms with E-state index in [1.807, 2.05) is 0 Å². The molecule has 1 saturated heterocycles. The number of esters is 1. The second-order valence-corrected chi connectivity index (χ2v) is 17.9. The molecule has 9 nitrogen and oxygen atoms in total. The first kappa shape index (κ1) is 64.3. The Morgan fingerprint density at radius 2 is 0.829 bits per heavy atom. The third-order valence-corrected chi connectivity index (χ3v) is 11.6. The molecule has 1 fully saturated rings. The first-order valence-electron chi connectivity index (χ1n) is 27.3. The third kappa shape index (κ3) is 40.0. The lowest BCUT2D eigenvalue weighted by Gasteiger charge is -2.39. The molecule has 9 heteroatoms. The molecule has 396 valence electrons. The zero-order valence-corrected chi connectivity index (χ0v) is 43.7. The average molecular weight is 975 g/mol. The van der Waals surface area contributed by atoms with Crippen LogP contribution in [0.2, 0.25) is 0 Å². The smallest absolute Gasteiger partial charge is 0.306 e. The molecular formula is C61H98O9. The van der Waals surface area contributed by atoms with Crippen LogP contribution in [0.5, 0.6) is 0 Å². The highest BCUT2D eigenvalue weighted by Crippen LogP contribution is 2.22. The van der Waals surface area contributed by atoms with Crippen LogP contribution in [0, 0.1) is 0 Å². The van der Waals surface area contributed by atoms with Gasteiger partial charge in [0.05, 0.1) is 19.8 Å². The molecule has 1 rings (SSSR count). The molecule has 6 atom stereocenters. The number of allylic oxidation sites excluding steroid dienone is 22. The van der Waals surface area contributed by atoms with E-state index in [1.165, 1.54) is 32.1 Å². The van der Waals surface area contributed by atoms with Gasteiger partial charge in [-0.25, -0.2) is 0 Å². The monoisotopic (exact) mass is 975 g/mol. The minimum absolute atomic E-state index is 0.118. The van der Waals surface area contributed by atoms with Crippen molar-refractivity contribution in [2.45, 2.75) is 218 Å². The standard InChI is InChI=1S/C61H98O9/c1-3-5-7-9-11-13-15-17-19-21-23-25-27-29-31-33-35-37-39-41-43-45-47-49-51-67-53-55(54-68-61-60(66)59(65)58(64)56(52-62)70-61)69-57(63)50-48-46-44-42-40-38-36-34-32-30-28-26-24-22-20-18-16-14-12-10-8-6-4-2/h5-8,11-14,17-20,23-26,29-32,36,38,55-56,58-62,64-66H,3-4,9-10,15-16,21-22,27-28,33-35,37,39-54H2,1-2H3/b7-5-,8-6-,13-11-,14-12-,19-17-,20-18-,25-23-,26-24-,31-29-,32-30-,38-36-. The summed E-state index contributed by atoms with van der Waals surface area (Å²) < 4.78 is 22.9. The number of rotatable bonds is 45. The zero-order valence-electron chi connectivity index (χ0n) is 43.7. The fourth-order valence-electron chi connectivity index (χ4n) is 7.40. The number of carbonyl (C=O) groups excluding carboxylic acids is 1. The second-order valence-electron chi connectivity index (χ2n) is 17.9. The molecule has 1 heterocycles. The molecule has 0 aromatic rings. The van der Waals surface area contributed by atoms with Crippen LogP contribution >= 0.6 is 0 Å². The first-order valence-corrected chi connectivity index (χ1v) is 27.3. The van der Waals surface area contributed by atoms with Crippen molar-refractivity contribution >= 4 is 5.97 Å². The predicted molar refractivity (Wildman–Crippen MR) is 292 cm³/mol. The number of carbonyl (C=O) groups is 1. The van der Waals surface area contributed by atoms with Gasteiger partial charge in [0.1, 0.15) is 30.5 Å².